The minimum atomic E-state index is -8.28. The zero-order valence-corrected chi connectivity index (χ0v) is 15.3. The van der Waals surface area contributed by atoms with Gasteiger partial charge < -0.3 is 5.32 Å². The molecule has 0 radical (unpaired) electrons. The van der Waals surface area contributed by atoms with E-state index >= 15 is 0 Å². The summed E-state index contributed by atoms with van der Waals surface area (Å²) < 4.78 is 186. The Morgan fingerprint density at radius 1 is 0.781 bits per heavy atom. The lowest BCUT2D eigenvalue weighted by atomic mass is 9.91. The highest BCUT2D eigenvalue weighted by atomic mass is 35.5. The van der Waals surface area contributed by atoms with Crippen molar-refractivity contribution in [3.05, 3.63) is 30.1 Å². The summed E-state index contributed by atoms with van der Waals surface area (Å²) in [5.41, 5.74) is -0.215. The van der Waals surface area contributed by atoms with Gasteiger partial charge in [-0.15, -0.1) is 0 Å². The number of amides is 1. The first kappa shape index (κ1) is 28.0. The fraction of sp³-hybridized carbons (Fsp3) is 0.571. The standard InChI is InChI=1S/C14H7ClF14N2O/c15-14(28,29)13(26,27)12(24,25)11(22,23)10(20,21)9(18,19)8(16,17)7(32)31-5-6-2-1-3-30-4-6/h1-4H,5H2,(H,31,32). The maximum Gasteiger partial charge on any atom is 0.393 e. The van der Waals surface area contributed by atoms with Gasteiger partial charge >= 0.3 is 40.9 Å². The zero-order valence-electron chi connectivity index (χ0n) is 14.5. The highest BCUT2D eigenvalue weighted by Crippen LogP contribution is 2.62. The molecule has 0 saturated heterocycles. The molecule has 184 valence electrons. The summed E-state index contributed by atoms with van der Waals surface area (Å²) in [6.45, 7) is -1.13. The first-order valence-electron chi connectivity index (χ1n) is 7.51. The maximum atomic E-state index is 13.6. The van der Waals surface area contributed by atoms with Gasteiger partial charge in [0.1, 0.15) is 0 Å². The molecule has 32 heavy (non-hydrogen) atoms. The second-order valence-electron chi connectivity index (χ2n) is 5.99. The largest absolute Gasteiger partial charge is 0.393 e. The van der Waals surface area contributed by atoms with Crippen LogP contribution in [0.25, 0.3) is 0 Å². The van der Waals surface area contributed by atoms with Crippen LogP contribution in [0.1, 0.15) is 5.56 Å². The van der Waals surface area contributed by atoms with Crippen molar-refractivity contribution in [3.63, 3.8) is 0 Å². The van der Waals surface area contributed by atoms with E-state index in [9.17, 15) is 66.3 Å². The Balaban J connectivity index is 3.37. The molecule has 1 rings (SSSR count). The number of nitrogens with zero attached hydrogens (tertiary/aromatic N) is 1. The summed E-state index contributed by atoms with van der Waals surface area (Å²) in [5.74, 6) is -50.4. The molecule has 0 fully saturated rings. The maximum absolute atomic E-state index is 13.6. The lowest BCUT2D eigenvalue weighted by molar-refractivity contribution is -0.431. The van der Waals surface area contributed by atoms with E-state index in [0.29, 0.717) is 0 Å². The monoisotopic (exact) mass is 520 g/mol. The molecule has 1 amide bonds. The smallest absolute Gasteiger partial charge is 0.347 e. The molecule has 1 heterocycles. The molecule has 1 aromatic rings. The summed E-state index contributed by atoms with van der Waals surface area (Å²) in [6, 6.07) is 2.15. The van der Waals surface area contributed by atoms with Crippen LogP contribution in [0.2, 0.25) is 0 Å². The number of carbonyl (C=O) groups excluding carboxylic acids is 1. The molecule has 0 atom stereocenters. The van der Waals surface area contributed by atoms with E-state index in [-0.39, 0.29) is 5.56 Å². The molecule has 0 aliphatic carbocycles. The number of halogens is 15. The van der Waals surface area contributed by atoms with Crippen LogP contribution in [0.15, 0.2) is 24.5 Å². The van der Waals surface area contributed by atoms with Crippen molar-refractivity contribution in [3.8, 4) is 0 Å². The van der Waals surface area contributed by atoms with Crippen molar-refractivity contribution < 1.29 is 66.3 Å². The lowest BCUT2D eigenvalue weighted by Gasteiger charge is -2.41. The predicted octanol–water partition coefficient (Wildman–Crippen LogP) is 5.34. The second-order valence-corrected chi connectivity index (χ2v) is 6.46. The van der Waals surface area contributed by atoms with Crippen molar-refractivity contribution in [2.45, 2.75) is 47.5 Å². The average Bonchev–Trinajstić information content (AvgIpc) is 2.65. The number of alkyl halides is 15. The third-order valence-electron chi connectivity index (χ3n) is 3.79. The number of pyridine rings is 1. The summed E-state index contributed by atoms with van der Waals surface area (Å²) in [7, 11) is 0. The molecular formula is C14H7ClF14N2O. The lowest BCUT2D eigenvalue weighted by Crippen LogP contribution is -2.73. The average molecular weight is 521 g/mol. The third kappa shape index (κ3) is 4.03. The Morgan fingerprint density at radius 3 is 1.62 bits per heavy atom. The van der Waals surface area contributed by atoms with Crippen LogP contribution >= 0.6 is 11.6 Å². The molecule has 1 N–H and O–H groups in total. The fourth-order valence-electron chi connectivity index (χ4n) is 1.91. The van der Waals surface area contributed by atoms with E-state index in [1.807, 2.05) is 0 Å². The minimum Gasteiger partial charge on any atom is -0.347 e. The second kappa shape index (κ2) is 8.06. The predicted molar refractivity (Wildman–Crippen MR) is 76.6 cm³/mol. The van der Waals surface area contributed by atoms with E-state index < -0.39 is 53.4 Å². The summed E-state index contributed by atoms with van der Waals surface area (Å²) in [5, 5.41) is -5.82. The van der Waals surface area contributed by atoms with E-state index in [0.717, 1.165) is 29.8 Å². The molecule has 0 saturated carbocycles. The number of rotatable bonds is 9. The van der Waals surface area contributed by atoms with Crippen LogP contribution < -0.4 is 5.32 Å². The van der Waals surface area contributed by atoms with Crippen LogP contribution in [0, 0.1) is 0 Å². The minimum absolute atomic E-state index is 0.215. The van der Waals surface area contributed by atoms with Crippen molar-refractivity contribution in [1.29, 1.82) is 0 Å². The quantitative estimate of drug-likeness (QED) is 0.353. The SMILES string of the molecule is O=C(NCc1cccnc1)C(F)(F)C(F)(F)C(F)(F)C(F)(F)C(F)(F)C(F)(F)C(F)(F)Cl. The number of hydrogen-bond acceptors (Lipinski definition) is 2. The zero-order chi connectivity index (χ0) is 25.6. The van der Waals surface area contributed by atoms with Crippen LogP contribution in [0.5, 0.6) is 0 Å². The van der Waals surface area contributed by atoms with Gasteiger partial charge in [0.15, 0.2) is 0 Å². The van der Waals surface area contributed by atoms with Crippen molar-refractivity contribution in [2.24, 2.45) is 0 Å². The van der Waals surface area contributed by atoms with Gasteiger partial charge in [0.2, 0.25) is 0 Å². The molecule has 0 aliphatic rings. The molecule has 0 aromatic carbocycles. The molecule has 18 heteroatoms. The fourth-order valence-corrected chi connectivity index (χ4v) is 2.02. The van der Waals surface area contributed by atoms with Crippen LogP contribution in [0.3, 0.4) is 0 Å². The van der Waals surface area contributed by atoms with Gasteiger partial charge in [0.05, 0.1) is 0 Å². The molecule has 0 aliphatic heterocycles. The summed E-state index contributed by atoms with van der Waals surface area (Å²) in [4.78, 5) is 14.6. The van der Waals surface area contributed by atoms with Gasteiger partial charge in [-0.25, -0.2) is 0 Å². The van der Waals surface area contributed by atoms with Crippen molar-refractivity contribution in [2.75, 3.05) is 0 Å². The number of nitrogens with one attached hydrogen (secondary N) is 1. The number of carbonyl (C=O) groups is 1. The Kier molecular flexibility index (Phi) is 7.04. The van der Waals surface area contributed by atoms with Crippen molar-refractivity contribution >= 4 is 17.5 Å². The first-order chi connectivity index (χ1) is 14.0. The van der Waals surface area contributed by atoms with Gasteiger partial charge in [-0.3, -0.25) is 9.78 Å². The van der Waals surface area contributed by atoms with Gasteiger partial charge in [-0.2, -0.15) is 61.5 Å². The molecule has 3 nitrogen and oxygen atoms in total. The first-order valence-corrected chi connectivity index (χ1v) is 7.88. The van der Waals surface area contributed by atoms with E-state index in [1.165, 1.54) is 0 Å². The molecule has 0 bridgehead atoms. The van der Waals surface area contributed by atoms with E-state index in [1.54, 1.807) is 0 Å². The highest BCUT2D eigenvalue weighted by Gasteiger charge is 2.93. The molecule has 0 unspecified atom stereocenters. The third-order valence-corrected chi connectivity index (χ3v) is 4.03. The Bertz CT molecular complexity index is 824. The van der Waals surface area contributed by atoms with Crippen molar-refractivity contribution in [1.82, 2.24) is 10.3 Å². The van der Waals surface area contributed by atoms with Gasteiger partial charge in [0.25, 0.3) is 5.91 Å². The van der Waals surface area contributed by atoms with Gasteiger partial charge in [0, 0.05) is 18.9 Å². The Labute approximate surface area is 172 Å². The van der Waals surface area contributed by atoms with Crippen LogP contribution in [-0.2, 0) is 11.3 Å². The normalized spacial score (nSPS) is 15.0. The summed E-state index contributed by atoms with van der Waals surface area (Å²) >= 11 is 3.47. The Morgan fingerprint density at radius 2 is 1.22 bits per heavy atom. The number of aromatic nitrogens is 1. The molecule has 1 aromatic heterocycles. The van der Waals surface area contributed by atoms with E-state index in [4.69, 9.17) is 0 Å². The molecular weight excluding hydrogens is 514 g/mol. The Hall–Kier alpha value is -2.07. The van der Waals surface area contributed by atoms with Crippen LogP contribution in [-0.4, -0.2) is 51.8 Å². The van der Waals surface area contributed by atoms with Crippen LogP contribution in [0.4, 0.5) is 61.5 Å². The van der Waals surface area contributed by atoms with Gasteiger partial charge in [-0.1, -0.05) is 6.07 Å². The number of hydrogen-bond donors (Lipinski definition) is 1. The highest BCUT2D eigenvalue weighted by molar-refractivity contribution is 6.22. The van der Waals surface area contributed by atoms with E-state index in [2.05, 4.69) is 16.6 Å². The molecule has 0 spiro atoms. The topological polar surface area (TPSA) is 42.0 Å². The van der Waals surface area contributed by atoms with Gasteiger partial charge in [-0.05, 0) is 23.2 Å². The summed E-state index contributed by atoms with van der Waals surface area (Å²) in [6.07, 6.45) is 1.95.